The van der Waals surface area contributed by atoms with E-state index in [-0.39, 0.29) is 35.9 Å². The Morgan fingerprint density at radius 2 is 1.91 bits per heavy atom. The van der Waals surface area contributed by atoms with Crippen molar-refractivity contribution < 1.29 is 23.5 Å². The molecule has 33 heavy (non-hydrogen) atoms. The van der Waals surface area contributed by atoms with Crippen LogP contribution in [-0.4, -0.2) is 47.9 Å². The number of halogens is 2. The fourth-order valence-corrected chi connectivity index (χ4v) is 4.80. The Morgan fingerprint density at radius 3 is 2.64 bits per heavy atom. The van der Waals surface area contributed by atoms with Crippen LogP contribution in [0.5, 0.6) is 5.75 Å². The average molecular weight is 474 g/mol. The lowest BCUT2D eigenvalue weighted by atomic mass is 9.84. The van der Waals surface area contributed by atoms with Crippen molar-refractivity contribution >= 4 is 35.0 Å². The first-order valence-corrected chi connectivity index (χ1v) is 11.3. The van der Waals surface area contributed by atoms with Gasteiger partial charge in [-0.1, -0.05) is 24.4 Å². The molecule has 2 N–H and O–H groups in total. The Labute approximate surface area is 196 Å². The number of hydrogen-bond acceptors (Lipinski definition) is 4. The van der Waals surface area contributed by atoms with Crippen molar-refractivity contribution in [3.8, 4) is 5.75 Å². The molecular formula is C24H25ClFN3O4. The van der Waals surface area contributed by atoms with Crippen LogP contribution >= 0.6 is 11.6 Å². The van der Waals surface area contributed by atoms with Gasteiger partial charge in [-0.2, -0.15) is 0 Å². The number of carbonyl (C=O) groups is 3. The Bertz CT molecular complexity index is 1060. The second-order valence-corrected chi connectivity index (χ2v) is 8.74. The standard InChI is InChI=1S/C24H25ClFN3O4/c1-33-21-11-8-15(25)12-18(21)27-22(30)13-20-23(31)28-17-4-2-3-5-19(17)29(20)24(32)14-6-9-16(26)10-7-14/h6-12,17,19-20H,2-5,13H2,1H3,(H,27,30)(H,28,31)/t17-,19-,20+/m0/s1. The maximum absolute atomic E-state index is 13.5. The Hall–Kier alpha value is -3.13. The summed E-state index contributed by atoms with van der Waals surface area (Å²) in [6.07, 6.45) is 3.13. The highest BCUT2D eigenvalue weighted by molar-refractivity contribution is 6.31. The van der Waals surface area contributed by atoms with Gasteiger partial charge in [0, 0.05) is 16.6 Å². The third-order valence-electron chi connectivity index (χ3n) is 6.19. The zero-order valence-electron chi connectivity index (χ0n) is 18.1. The van der Waals surface area contributed by atoms with Crippen LogP contribution in [0, 0.1) is 5.82 Å². The normalized spacial score (nSPS) is 22.2. The van der Waals surface area contributed by atoms with Crippen LogP contribution < -0.4 is 15.4 Å². The predicted octanol–water partition coefficient (Wildman–Crippen LogP) is 3.77. The summed E-state index contributed by atoms with van der Waals surface area (Å²) in [6, 6.07) is 8.65. The number of piperazine rings is 1. The van der Waals surface area contributed by atoms with E-state index >= 15 is 0 Å². The number of fused-ring (bicyclic) bond motifs is 1. The summed E-state index contributed by atoms with van der Waals surface area (Å²) < 4.78 is 18.7. The van der Waals surface area contributed by atoms with E-state index in [9.17, 15) is 18.8 Å². The lowest BCUT2D eigenvalue weighted by Gasteiger charge is -2.48. The van der Waals surface area contributed by atoms with Crippen molar-refractivity contribution in [3.63, 3.8) is 0 Å². The van der Waals surface area contributed by atoms with Gasteiger partial charge in [-0.25, -0.2) is 4.39 Å². The van der Waals surface area contributed by atoms with E-state index in [1.807, 2.05) is 0 Å². The molecular weight excluding hydrogens is 449 g/mol. The topological polar surface area (TPSA) is 87.7 Å². The van der Waals surface area contributed by atoms with Gasteiger partial charge < -0.3 is 20.3 Å². The molecule has 7 nitrogen and oxygen atoms in total. The van der Waals surface area contributed by atoms with Crippen molar-refractivity contribution in [1.29, 1.82) is 0 Å². The van der Waals surface area contributed by atoms with E-state index in [1.54, 1.807) is 18.2 Å². The fraction of sp³-hybridized carbons (Fsp3) is 0.375. The maximum atomic E-state index is 13.5. The highest BCUT2D eigenvalue weighted by atomic mass is 35.5. The van der Waals surface area contributed by atoms with Gasteiger partial charge >= 0.3 is 0 Å². The number of amides is 3. The average Bonchev–Trinajstić information content (AvgIpc) is 2.80. The second kappa shape index (κ2) is 9.79. The summed E-state index contributed by atoms with van der Waals surface area (Å²) in [7, 11) is 1.47. The number of benzene rings is 2. The SMILES string of the molecule is COc1ccc(Cl)cc1NC(=O)C[C@@H]1C(=O)N[C@H]2CCCC[C@@H]2N1C(=O)c1ccc(F)cc1. The lowest BCUT2D eigenvalue weighted by molar-refractivity contribution is -0.135. The molecule has 4 rings (SSSR count). The molecule has 2 fully saturated rings. The van der Waals surface area contributed by atoms with Crippen molar-refractivity contribution in [2.24, 2.45) is 0 Å². The minimum absolute atomic E-state index is 0.164. The summed E-state index contributed by atoms with van der Waals surface area (Å²) in [5, 5.41) is 6.15. The van der Waals surface area contributed by atoms with E-state index in [2.05, 4.69) is 10.6 Å². The molecule has 0 bridgehead atoms. The number of methoxy groups -OCH3 is 1. The fourth-order valence-electron chi connectivity index (χ4n) is 4.63. The largest absolute Gasteiger partial charge is 0.495 e. The molecule has 9 heteroatoms. The van der Waals surface area contributed by atoms with Crippen LogP contribution in [0.1, 0.15) is 42.5 Å². The molecule has 0 radical (unpaired) electrons. The number of nitrogens with one attached hydrogen (secondary N) is 2. The third kappa shape index (κ3) is 4.95. The molecule has 1 saturated carbocycles. The molecule has 2 aliphatic rings. The van der Waals surface area contributed by atoms with Crippen LogP contribution in [-0.2, 0) is 9.59 Å². The van der Waals surface area contributed by atoms with Crippen LogP contribution in [0.25, 0.3) is 0 Å². The quantitative estimate of drug-likeness (QED) is 0.692. The first kappa shape index (κ1) is 23.0. The molecule has 174 valence electrons. The molecule has 1 saturated heterocycles. The minimum Gasteiger partial charge on any atom is -0.495 e. The van der Waals surface area contributed by atoms with Gasteiger partial charge in [-0.3, -0.25) is 14.4 Å². The van der Waals surface area contributed by atoms with Gasteiger partial charge in [0.1, 0.15) is 17.6 Å². The van der Waals surface area contributed by atoms with Crippen molar-refractivity contribution in [3.05, 3.63) is 58.9 Å². The van der Waals surface area contributed by atoms with E-state index < -0.39 is 17.8 Å². The third-order valence-corrected chi connectivity index (χ3v) is 6.43. The number of anilines is 1. The van der Waals surface area contributed by atoms with Gasteiger partial charge in [-0.05, 0) is 55.3 Å². The zero-order chi connectivity index (χ0) is 23.5. The van der Waals surface area contributed by atoms with Gasteiger partial charge in [0.25, 0.3) is 5.91 Å². The smallest absolute Gasteiger partial charge is 0.254 e. The van der Waals surface area contributed by atoms with Gasteiger partial charge in [0.2, 0.25) is 11.8 Å². The van der Waals surface area contributed by atoms with Gasteiger partial charge in [0.05, 0.1) is 25.3 Å². The zero-order valence-corrected chi connectivity index (χ0v) is 18.9. The van der Waals surface area contributed by atoms with E-state index in [4.69, 9.17) is 16.3 Å². The maximum Gasteiger partial charge on any atom is 0.254 e. The van der Waals surface area contributed by atoms with E-state index in [0.29, 0.717) is 16.5 Å². The highest BCUT2D eigenvalue weighted by Crippen LogP contribution is 2.32. The van der Waals surface area contributed by atoms with Crippen molar-refractivity contribution in [2.45, 2.75) is 50.2 Å². The van der Waals surface area contributed by atoms with Gasteiger partial charge in [0.15, 0.2) is 0 Å². The monoisotopic (exact) mass is 473 g/mol. The Kier molecular flexibility index (Phi) is 6.83. The molecule has 0 aromatic heterocycles. The van der Waals surface area contributed by atoms with E-state index in [1.165, 1.54) is 36.3 Å². The summed E-state index contributed by atoms with van der Waals surface area (Å²) in [6.45, 7) is 0. The first-order valence-electron chi connectivity index (χ1n) is 10.9. The summed E-state index contributed by atoms with van der Waals surface area (Å²) in [5.41, 5.74) is 0.649. The van der Waals surface area contributed by atoms with Crippen molar-refractivity contribution in [2.75, 3.05) is 12.4 Å². The molecule has 1 aliphatic heterocycles. The summed E-state index contributed by atoms with van der Waals surface area (Å²) >= 11 is 6.04. The Balaban J connectivity index is 1.60. The van der Waals surface area contributed by atoms with Crippen LogP contribution in [0.4, 0.5) is 10.1 Å². The number of hydrogen-bond donors (Lipinski definition) is 2. The summed E-state index contributed by atoms with van der Waals surface area (Å²) in [4.78, 5) is 40.9. The minimum atomic E-state index is -0.993. The first-order chi connectivity index (χ1) is 15.9. The predicted molar refractivity (Wildman–Crippen MR) is 122 cm³/mol. The van der Waals surface area contributed by atoms with Gasteiger partial charge in [-0.15, -0.1) is 0 Å². The molecule has 1 aliphatic carbocycles. The molecule has 2 aromatic rings. The number of rotatable bonds is 5. The highest BCUT2D eigenvalue weighted by Gasteiger charge is 2.46. The second-order valence-electron chi connectivity index (χ2n) is 8.30. The molecule has 2 aromatic carbocycles. The molecule has 3 atom stereocenters. The molecule has 0 spiro atoms. The van der Waals surface area contributed by atoms with E-state index in [0.717, 1.165) is 25.7 Å². The Morgan fingerprint density at radius 1 is 1.18 bits per heavy atom. The lowest BCUT2D eigenvalue weighted by Crippen LogP contribution is -2.68. The van der Waals surface area contributed by atoms with Crippen molar-refractivity contribution in [1.82, 2.24) is 10.2 Å². The number of carbonyl (C=O) groups excluding carboxylic acids is 3. The number of ether oxygens (including phenoxy) is 1. The van der Waals surface area contributed by atoms with Crippen LogP contribution in [0.3, 0.4) is 0 Å². The molecule has 1 heterocycles. The van der Waals surface area contributed by atoms with Crippen LogP contribution in [0.15, 0.2) is 42.5 Å². The number of nitrogens with zero attached hydrogens (tertiary/aromatic N) is 1. The molecule has 0 unspecified atom stereocenters. The van der Waals surface area contributed by atoms with Crippen LogP contribution in [0.2, 0.25) is 5.02 Å². The summed E-state index contributed by atoms with van der Waals surface area (Å²) in [5.74, 6) is -1.25. The molecule has 3 amide bonds.